The zero-order chi connectivity index (χ0) is 14.5. The van der Waals surface area contributed by atoms with Crippen molar-refractivity contribution in [3.63, 3.8) is 0 Å². The zero-order valence-corrected chi connectivity index (χ0v) is 11.7. The fourth-order valence-electron chi connectivity index (χ4n) is 2.01. The van der Waals surface area contributed by atoms with E-state index in [4.69, 9.17) is 10.5 Å². The van der Waals surface area contributed by atoms with E-state index in [1.165, 1.54) is 11.6 Å². The number of methoxy groups -OCH3 is 1. The predicted octanol–water partition coefficient (Wildman–Crippen LogP) is 3.25. The topological polar surface area (TPSA) is 47.3 Å². The van der Waals surface area contributed by atoms with Crippen molar-refractivity contribution in [3.05, 3.63) is 59.4 Å². The molecule has 0 heterocycles. The van der Waals surface area contributed by atoms with Crippen LogP contribution in [0.25, 0.3) is 0 Å². The number of rotatable bonds is 5. The highest BCUT2D eigenvalue weighted by molar-refractivity contribution is 5.51. The van der Waals surface area contributed by atoms with Gasteiger partial charge in [0.05, 0.1) is 18.8 Å². The Morgan fingerprint density at radius 2 is 1.90 bits per heavy atom. The summed E-state index contributed by atoms with van der Waals surface area (Å²) in [6.07, 6.45) is 0. The Morgan fingerprint density at radius 1 is 1.20 bits per heavy atom. The van der Waals surface area contributed by atoms with Crippen molar-refractivity contribution in [1.29, 1.82) is 0 Å². The van der Waals surface area contributed by atoms with Crippen LogP contribution in [0.1, 0.15) is 17.2 Å². The van der Waals surface area contributed by atoms with Crippen molar-refractivity contribution >= 4 is 5.69 Å². The standard InChI is InChI=1S/C16H19FN2O/c1-11-3-5-12(6-4-11)16(10-18)19-15-9-13(20-2)7-8-14(15)17/h3-9,16,19H,10,18H2,1-2H3. The molecule has 3 N–H and O–H groups in total. The molecule has 0 spiro atoms. The van der Waals surface area contributed by atoms with Gasteiger partial charge in [-0.05, 0) is 24.6 Å². The summed E-state index contributed by atoms with van der Waals surface area (Å²) in [7, 11) is 1.55. The number of nitrogens with one attached hydrogen (secondary N) is 1. The van der Waals surface area contributed by atoms with Crippen molar-refractivity contribution in [2.75, 3.05) is 19.0 Å². The number of ether oxygens (including phenoxy) is 1. The fourth-order valence-corrected chi connectivity index (χ4v) is 2.01. The Kier molecular flexibility index (Phi) is 4.58. The van der Waals surface area contributed by atoms with Gasteiger partial charge in [0, 0.05) is 12.6 Å². The third-order valence-corrected chi connectivity index (χ3v) is 3.22. The van der Waals surface area contributed by atoms with Crippen molar-refractivity contribution in [2.24, 2.45) is 5.73 Å². The SMILES string of the molecule is COc1ccc(F)c(NC(CN)c2ccc(C)cc2)c1. The molecule has 0 aliphatic heterocycles. The molecule has 0 aliphatic carbocycles. The van der Waals surface area contributed by atoms with E-state index < -0.39 is 0 Å². The zero-order valence-electron chi connectivity index (χ0n) is 11.7. The van der Waals surface area contributed by atoms with E-state index in [1.54, 1.807) is 19.2 Å². The molecule has 0 aromatic heterocycles. The fraction of sp³-hybridized carbons (Fsp3) is 0.250. The summed E-state index contributed by atoms with van der Waals surface area (Å²) >= 11 is 0. The van der Waals surface area contributed by atoms with Crippen LogP contribution in [0.15, 0.2) is 42.5 Å². The molecule has 2 aromatic rings. The summed E-state index contributed by atoms with van der Waals surface area (Å²) < 4.78 is 18.9. The van der Waals surface area contributed by atoms with Crippen molar-refractivity contribution in [3.8, 4) is 5.75 Å². The molecule has 0 saturated heterocycles. The second-order valence-corrected chi connectivity index (χ2v) is 4.69. The molecule has 0 fully saturated rings. The number of nitrogens with two attached hydrogens (primary N) is 1. The van der Waals surface area contributed by atoms with E-state index in [1.807, 2.05) is 31.2 Å². The largest absolute Gasteiger partial charge is 0.497 e. The molecule has 20 heavy (non-hydrogen) atoms. The third-order valence-electron chi connectivity index (χ3n) is 3.22. The summed E-state index contributed by atoms with van der Waals surface area (Å²) in [4.78, 5) is 0. The van der Waals surface area contributed by atoms with Gasteiger partial charge >= 0.3 is 0 Å². The van der Waals surface area contributed by atoms with Crippen LogP contribution >= 0.6 is 0 Å². The van der Waals surface area contributed by atoms with Gasteiger partial charge in [-0.3, -0.25) is 0 Å². The van der Waals surface area contributed by atoms with Gasteiger partial charge in [0.15, 0.2) is 0 Å². The van der Waals surface area contributed by atoms with Gasteiger partial charge in [-0.15, -0.1) is 0 Å². The number of benzene rings is 2. The predicted molar refractivity (Wildman–Crippen MR) is 79.5 cm³/mol. The maximum atomic E-state index is 13.8. The molecule has 2 aromatic carbocycles. The first-order valence-corrected chi connectivity index (χ1v) is 6.50. The number of anilines is 1. The molecule has 3 nitrogen and oxygen atoms in total. The summed E-state index contributed by atoms with van der Waals surface area (Å²) in [5, 5.41) is 3.13. The van der Waals surface area contributed by atoms with Gasteiger partial charge in [-0.1, -0.05) is 29.8 Å². The number of hydrogen-bond acceptors (Lipinski definition) is 3. The molecule has 0 bridgehead atoms. The molecule has 1 unspecified atom stereocenters. The number of hydrogen-bond donors (Lipinski definition) is 2. The maximum absolute atomic E-state index is 13.8. The summed E-state index contributed by atoms with van der Waals surface area (Å²) in [6, 6.07) is 12.5. The summed E-state index contributed by atoms with van der Waals surface area (Å²) in [6.45, 7) is 2.40. The minimum atomic E-state index is -0.323. The van der Waals surface area contributed by atoms with Gasteiger partial charge in [-0.2, -0.15) is 0 Å². The normalized spacial score (nSPS) is 12.0. The molecule has 0 aliphatic rings. The summed E-state index contributed by atoms with van der Waals surface area (Å²) in [5.74, 6) is 0.282. The van der Waals surface area contributed by atoms with Crippen LogP contribution in [0.3, 0.4) is 0 Å². The Labute approximate surface area is 118 Å². The lowest BCUT2D eigenvalue weighted by Crippen LogP contribution is -2.21. The first-order valence-electron chi connectivity index (χ1n) is 6.50. The Balaban J connectivity index is 2.23. The highest BCUT2D eigenvalue weighted by atomic mass is 19.1. The molecule has 0 radical (unpaired) electrons. The molecular formula is C16H19FN2O. The van der Waals surface area contributed by atoms with E-state index in [0.717, 1.165) is 5.56 Å². The minimum Gasteiger partial charge on any atom is -0.497 e. The van der Waals surface area contributed by atoms with Crippen LogP contribution in [0.2, 0.25) is 0 Å². The van der Waals surface area contributed by atoms with Crippen molar-refractivity contribution in [1.82, 2.24) is 0 Å². The first kappa shape index (κ1) is 14.3. The molecule has 0 amide bonds. The van der Waals surface area contributed by atoms with Crippen LogP contribution in [-0.2, 0) is 0 Å². The number of halogens is 1. The monoisotopic (exact) mass is 274 g/mol. The van der Waals surface area contributed by atoms with Crippen LogP contribution in [0.4, 0.5) is 10.1 Å². The lowest BCUT2D eigenvalue weighted by Gasteiger charge is -2.19. The maximum Gasteiger partial charge on any atom is 0.146 e. The second-order valence-electron chi connectivity index (χ2n) is 4.69. The lowest BCUT2D eigenvalue weighted by molar-refractivity contribution is 0.414. The Bertz CT molecular complexity index is 569. The molecule has 0 saturated carbocycles. The Morgan fingerprint density at radius 3 is 2.50 bits per heavy atom. The molecular weight excluding hydrogens is 255 g/mol. The van der Waals surface area contributed by atoms with E-state index in [2.05, 4.69) is 5.32 Å². The minimum absolute atomic E-state index is 0.141. The van der Waals surface area contributed by atoms with Gasteiger partial charge in [0.2, 0.25) is 0 Å². The third kappa shape index (κ3) is 3.27. The molecule has 2 rings (SSSR count). The quantitative estimate of drug-likeness (QED) is 0.879. The van der Waals surface area contributed by atoms with Gasteiger partial charge in [0.1, 0.15) is 11.6 Å². The van der Waals surface area contributed by atoms with Crippen molar-refractivity contribution in [2.45, 2.75) is 13.0 Å². The van der Waals surface area contributed by atoms with Crippen LogP contribution in [-0.4, -0.2) is 13.7 Å². The van der Waals surface area contributed by atoms with E-state index in [0.29, 0.717) is 18.0 Å². The van der Waals surface area contributed by atoms with Crippen LogP contribution in [0, 0.1) is 12.7 Å². The Hall–Kier alpha value is -2.07. The average Bonchev–Trinajstić information content (AvgIpc) is 2.47. The molecule has 106 valence electrons. The van der Waals surface area contributed by atoms with Gasteiger partial charge in [0.25, 0.3) is 0 Å². The van der Waals surface area contributed by atoms with Gasteiger partial charge < -0.3 is 15.8 Å². The molecule has 4 heteroatoms. The molecule has 1 atom stereocenters. The highest BCUT2D eigenvalue weighted by Crippen LogP contribution is 2.25. The van der Waals surface area contributed by atoms with Crippen LogP contribution < -0.4 is 15.8 Å². The van der Waals surface area contributed by atoms with E-state index in [9.17, 15) is 4.39 Å². The van der Waals surface area contributed by atoms with Gasteiger partial charge in [-0.25, -0.2) is 4.39 Å². The van der Waals surface area contributed by atoms with Crippen LogP contribution in [0.5, 0.6) is 5.75 Å². The second kappa shape index (κ2) is 6.39. The van der Waals surface area contributed by atoms with Crippen molar-refractivity contribution < 1.29 is 9.13 Å². The number of aryl methyl sites for hydroxylation is 1. The smallest absolute Gasteiger partial charge is 0.146 e. The lowest BCUT2D eigenvalue weighted by atomic mass is 10.0. The average molecular weight is 274 g/mol. The van der Waals surface area contributed by atoms with E-state index in [-0.39, 0.29) is 11.9 Å². The van der Waals surface area contributed by atoms with E-state index >= 15 is 0 Å². The highest BCUT2D eigenvalue weighted by Gasteiger charge is 2.12. The first-order chi connectivity index (χ1) is 9.63. The summed E-state index contributed by atoms with van der Waals surface area (Å²) in [5.41, 5.74) is 8.39.